The van der Waals surface area contributed by atoms with Crippen LogP contribution in [0.5, 0.6) is 0 Å². The van der Waals surface area contributed by atoms with Crippen molar-refractivity contribution in [1.82, 2.24) is 25.4 Å². The van der Waals surface area contributed by atoms with E-state index in [1.807, 2.05) is 0 Å². The van der Waals surface area contributed by atoms with Gasteiger partial charge in [0, 0.05) is 24.4 Å². The number of aromatic nitrogens is 3. The van der Waals surface area contributed by atoms with Gasteiger partial charge in [0.05, 0.1) is 12.6 Å². The summed E-state index contributed by atoms with van der Waals surface area (Å²) in [5.74, 6) is 1.80. The Morgan fingerprint density at radius 3 is 2.78 bits per heavy atom. The molecule has 0 bridgehead atoms. The van der Waals surface area contributed by atoms with Crippen molar-refractivity contribution in [2.75, 3.05) is 6.54 Å². The van der Waals surface area contributed by atoms with Gasteiger partial charge >= 0.3 is 0 Å². The van der Waals surface area contributed by atoms with Crippen LogP contribution in [-0.4, -0.2) is 27.3 Å². The van der Waals surface area contributed by atoms with E-state index in [0.29, 0.717) is 6.54 Å². The summed E-state index contributed by atoms with van der Waals surface area (Å²) >= 11 is 1.73. The molecule has 2 heterocycles. The van der Waals surface area contributed by atoms with E-state index in [1.54, 1.807) is 17.7 Å². The van der Waals surface area contributed by atoms with E-state index in [1.165, 1.54) is 21.2 Å². The molecule has 1 unspecified atom stereocenters. The molecule has 0 fully saturated rings. The summed E-state index contributed by atoms with van der Waals surface area (Å²) in [6.07, 6.45) is 2.66. The number of rotatable bonds is 8. The second-order valence-electron chi connectivity index (χ2n) is 7.40. The average molecular weight is 561 g/mol. The minimum absolute atomic E-state index is 0. The lowest BCUT2D eigenvalue weighted by Gasteiger charge is -2.20. The molecule has 4 rings (SSSR count). The Morgan fingerprint density at radius 2 is 1.97 bits per heavy atom. The SMILES string of the molecule is CCc1nncn1CCNC(=NCc1cccs1)NC(C)c1cccc2ccccc12.I. The van der Waals surface area contributed by atoms with Gasteiger partial charge in [-0.05, 0) is 34.7 Å². The summed E-state index contributed by atoms with van der Waals surface area (Å²) in [4.78, 5) is 6.08. The van der Waals surface area contributed by atoms with E-state index < -0.39 is 0 Å². The van der Waals surface area contributed by atoms with Crippen LogP contribution in [0.25, 0.3) is 10.8 Å². The molecule has 8 heteroatoms. The Bertz CT molecular complexity index is 1130. The Morgan fingerprint density at radius 1 is 1.12 bits per heavy atom. The van der Waals surface area contributed by atoms with E-state index in [-0.39, 0.29) is 30.0 Å². The molecule has 2 N–H and O–H groups in total. The van der Waals surface area contributed by atoms with E-state index >= 15 is 0 Å². The third kappa shape index (κ3) is 6.07. The molecule has 4 aromatic rings. The molecule has 0 aliphatic heterocycles. The van der Waals surface area contributed by atoms with Crippen LogP contribution in [0.1, 0.15) is 36.2 Å². The molecular formula is C24H29IN6S. The number of nitrogens with one attached hydrogen (secondary N) is 2. The van der Waals surface area contributed by atoms with Crippen LogP contribution in [0, 0.1) is 0 Å². The summed E-state index contributed by atoms with van der Waals surface area (Å²) in [5.41, 5.74) is 1.26. The third-order valence-electron chi connectivity index (χ3n) is 5.27. The zero-order chi connectivity index (χ0) is 21.5. The van der Waals surface area contributed by atoms with Gasteiger partial charge in [-0.15, -0.1) is 45.5 Å². The van der Waals surface area contributed by atoms with Gasteiger partial charge in [-0.2, -0.15) is 0 Å². The number of hydrogen-bond acceptors (Lipinski definition) is 4. The first-order valence-electron chi connectivity index (χ1n) is 10.7. The number of nitrogens with zero attached hydrogens (tertiary/aromatic N) is 4. The molecule has 0 saturated carbocycles. The first kappa shape index (κ1) is 24.2. The molecule has 1 atom stereocenters. The lowest BCUT2D eigenvalue weighted by atomic mass is 10.00. The fourth-order valence-electron chi connectivity index (χ4n) is 3.66. The van der Waals surface area contributed by atoms with Crippen molar-refractivity contribution in [1.29, 1.82) is 0 Å². The first-order valence-corrected chi connectivity index (χ1v) is 11.5. The number of benzene rings is 2. The van der Waals surface area contributed by atoms with Crippen LogP contribution in [0.15, 0.2) is 71.3 Å². The van der Waals surface area contributed by atoms with Gasteiger partial charge in [-0.1, -0.05) is 55.5 Å². The molecule has 32 heavy (non-hydrogen) atoms. The van der Waals surface area contributed by atoms with E-state index in [4.69, 9.17) is 4.99 Å². The number of thiophene rings is 1. The summed E-state index contributed by atoms with van der Waals surface area (Å²) in [6, 6.07) is 19.2. The van der Waals surface area contributed by atoms with Crippen LogP contribution in [-0.2, 0) is 19.5 Å². The van der Waals surface area contributed by atoms with Crippen molar-refractivity contribution < 1.29 is 0 Å². The second-order valence-corrected chi connectivity index (χ2v) is 8.43. The van der Waals surface area contributed by atoms with Crippen molar-refractivity contribution in [3.8, 4) is 0 Å². The van der Waals surface area contributed by atoms with Crippen LogP contribution in [0.3, 0.4) is 0 Å². The average Bonchev–Trinajstić information content (AvgIpc) is 3.48. The number of guanidine groups is 1. The highest BCUT2D eigenvalue weighted by Gasteiger charge is 2.11. The maximum absolute atomic E-state index is 4.84. The highest BCUT2D eigenvalue weighted by molar-refractivity contribution is 14.0. The molecule has 0 amide bonds. The maximum Gasteiger partial charge on any atom is 0.192 e. The summed E-state index contributed by atoms with van der Waals surface area (Å²) in [7, 11) is 0. The number of aryl methyl sites for hydroxylation is 1. The van der Waals surface area contributed by atoms with Gasteiger partial charge in [0.1, 0.15) is 12.2 Å². The molecule has 6 nitrogen and oxygen atoms in total. The van der Waals surface area contributed by atoms with Gasteiger partial charge in [0.25, 0.3) is 0 Å². The molecule has 2 aromatic heterocycles. The third-order valence-corrected chi connectivity index (χ3v) is 6.13. The predicted molar refractivity (Wildman–Crippen MR) is 144 cm³/mol. The monoisotopic (exact) mass is 560 g/mol. The Labute approximate surface area is 210 Å². The van der Waals surface area contributed by atoms with Crippen LogP contribution >= 0.6 is 35.3 Å². The number of aliphatic imine (C=N–C) groups is 1. The minimum atomic E-state index is 0. The highest BCUT2D eigenvalue weighted by atomic mass is 127. The molecule has 0 aliphatic carbocycles. The van der Waals surface area contributed by atoms with Gasteiger partial charge in [0.2, 0.25) is 0 Å². The standard InChI is InChI=1S/C24H28N6S.HI/c1-3-23-29-27-17-30(23)14-13-25-24(26-16-20-10-7-15-31-20)28-18(2)21-12-6-9-19-8-4-5-11-22(19)21;/h4-12,15,17-18H,3,13-14,16H2,1-2H3,(H2,25,26,28);1H. The Balaban J connectivity index is 0.00000289. The van der Waals surface area contributed by atoms with Crippen LogP contribution in [0.2, 0.25) is 0 Å². The van der Waals surface area contributed by atoms with Crippen molar-refractivity contribution >= 4 is 52.0 Å². The minimum Gasteiger partial charge on any atom is -0.355 e. The smallest absolute Gasteiger partial charge is 0.192 e. The highest BCUT2D eigenvalue weighted by Crippen LogP contribution is 2.24. The molecule has 2 aromatic carbocycles. The molecule has 0 radical (unpaired) electrons. The van der Waals surface area contributed by atoms with Gasteiger partial charge in [-0.25, -0.2) is 4.99 Å². The topological polar surface area (TPSA) is 67.1 Å². The Hall–Kier alpha value is -2.46. The Kier molecular flexibility index (Phi) is 9.04. The summed E-state index contributed by atoms with van der Waals surface area (Å²) in [6.45, 7) is 6.46. The normalized spacial score (nSPS) is 12.4. The van der Waals surface area contributed by atoms with E-state index in [0.717, 1.165) is 31.3 Å². The van der Waals surface area contributed by atoms with Crippen molar-refractivity contribution in [2.24, 2.45) is 4.99 Å². The predicted octanol–water partition coefficient (Wildman–Crippen LogP) is 5.17. The van der Waals surface area contributed by atoms with Crippen LogP contribution in [0.4, 0.5) is 0 Å². The van der Waals surface area contributed by atoms with Crippen molar-refractivity contribution in [3.63, 3.8) is 0 Å². The zero-order valence-corrected chi connectivity index (χ0v) is 21.5. The summed E-state index contributed by atoms with van der Waals surface area (Å²) < 4.78 is 2.08. The molecule has 168 valence electrons. The lowest BCUT2D eigenvalue weighted by Crippen LogP contribution is -2.40. The van der Waals surface area contributed by atoms with E-state index in [2.05, 4.69) is 99.2 Å². The largest absolute Gasteiger partial charge is 0.355 e. The molecular weight excluding hydrogens is 531 g/mol. The number of fused-ring (bicyclic) bond motifs is 1. The van der Waals surface area contributed by atoms with Gasteiger partial charge in [0.15, 0.2) is 5.96 Å². The molecule has 0 aliphatic rings. The summed E-state index contributed by atoms with van der Waals surface area (Å²) in [5, 5.41) is 19.9. The number of halogens is 1. The van der Waals surface area contributed by atoms with Gasteiger partial charge < -0.3 is 15.2 Å². The van der Waals surface area contributed by atoms with Crippen molar-refractivity contribution in [3.05, 3.63) is 82.6 Å². The van der Waals surface area contributed by atoms with Crippen LogP contribution < -0.4 is 10.6 Å². The fraction of sp³-hybridized carbons (Fsp3) is 0.292. The number of hydrogen-bond donors (Lipinski definition) is 2. The van der Waals surface area contributed by atoms with Crippen molar-refractivity contribution in [2.45, 2.75) is 39.4 Å². The van der Waals surface area contributed by atoms with Gasteiger partial charge in [-0.3, -0.25) is 0 Å². The fourth-order valence-corrected chi connectivity index (χ4v) is 4.29. The maximum atomic E-state index is 4.84. The van der Waals surface area contributed by atoms with E-state index in [9.17, 15) is 0 Å². The molecule has 0 spiro atoms. The zero-order valence-electron chi connectivity index (χ0n) is 18.4. The molecule has 0 saturated heterocycles. The quantitative estimate of drug-likeness (QED) is 0.177. The lowest BCUT2D eigenvalue weighted by molar-refractivity contribution is 0.620. The second kappa shape index (κ2) is 12.0. The first-order chi connectivity index (χ1) is 15.2.